The van der Waals surface area contributed by atoms with Crippen LogP contribution in [0.2, 0.25) is 5.02 Å². The summed E-state index contributed by atoms with van der Waals surface area (Å²) in [5.74, 6) is -0.0814. The maximum Gasteiger partial charge on any atom is 0.272 e. The lowest BCUT2D eigenvalue weighted by Crippen LogP contribution is -2.37. The maximum absolute atomic E-state index is 13.9. The van der Waals surface area contributed by atoms with Gasteiger partial charge in [0, 0.05) is 10.6 Å². The Morgan fingerprint density at radius 2 is 1.43 bits per heavy atom. The van der Waals surface area contributed by atoms with Crippen LogP contribution >= 0.6 is 11.6 Å². The van der Waals surface area contributed by atoms with E-state index in [2.05, 4.69) is 0 Å². The first kappa shape index (κ1) is 24.5. The number of nitrogens with zero attached hydrogens (tertiary/aromatic N) is 1. The van der Waals surface area contributed by atoms with Crippen LogP contribution in [-0.2, 0) is 22.9 Å². The van der Waals surface area contributed by atoms with Crippen LogP contribution in [-0.4, -0.2) is 21.4 Å². The van der Waals surface area contributed by atoms with Gasteiger partial charge >= 0.3 is 0 Å². The molecule has 0 heterocycles. The molecule has 0 atom stereocenters. The van der Waals surface area contributed by atoms with Crippen molar-refractivity contribution in [2.24, 2.45) is 0 Å². The molecule has 0 fully saturated rings. The number of hydrogen-bond donors (Lipinski definition) is 0. The molecule has 0 N–H and O–H groups in total. The van der Waals surface area contributed by atoms with Gasteiger partial charge in [-0.15, -0.1) is 0 Å². The van der Waals surface area contributed by atoms with Crippen LogP contribution in [0.5, 0.6) is 5.75 Å². The van der Waals surface area contributed by atoms with E-state index in [-0.39, 0.29) is 10.6 Å². The second-order valence-corrected chi connectivity index (χ2v) is 10.1. The molecular formula is C28H24ClNO4S. The average Bonchev–Trinajstić information content (AvgIpc) is 2.89. The molecule has 7 heteroatoms. The fourth-order valence-corrected chi connectivity index (χ4v) is 5.31. The highest BCUT2D eigenvalue weighted by molar-refractivity contribution is 7.93. The second kappa shape index (κ2) is 10.8. The molecule has 35 heavy (non-hydrogen) atoms. The van der Waals surface area contributed by atoms with E-state index in [9.17, 15) is 13.2 Å². The number of carbonyl (C=O) groups is 1. The summed E-state index contributed by atoms with van der Waals surface area (Å²) >= 11 is 5.97. The van der Waals surface area contributed by atoms with Crippen molar-refractivity contribution in [1.82, 2.24) is 0 Å². The Kier molecular flexibility index (Phi) is 7.54. The first-order chi connectivity index (χ1) is 16.9. The zero-order chi connectivity index (χ0) is 24.8. The summed E-state index contributed by atoms with van der Waals surface area (Å²) in [6, 6.07) is 29.1. The highest BCUT2D eigenvalue weighted by atomic mass is 35.5. The summed E-state index contributed by atoms with van der Waals surface area (Å²) in [6.07, 6.45) is 1.31. The molecule has 0 spiro atoms. The molecule has 0 unspecified atom stereocenters. The molecule has 0 saturated heterocycles. The van der Waals surface area contributed by atoms with Crippen molar-refractivity contribution in [1.29, 1.82) is 0 Å². The standard InChI is InChI=1S/C28H24ClNO4S/c1-34-25-17-15-24(16-18-25)30(35(32,33)26-19-13-23(29)14-20-26)28(31)27-10-6-5-9-22(27)12-11-21-7-3-2-4-8-21/h2-10,13-20H,11-12H2,1H3. The highest BCUT2D eigenvalue weighted by Crippen LogP contribution is 2.29. The Bertz CT molecular complexity index is 1400. The Morgan fingerprint density at radius 3 is 2.09 bits per heavy atom. The van der Waals surface area contributed by atoms with Crippen molar-refractivity contribution in [3.05, 3.63) is 125 Å². The summed E-state index contributed by atoms with van der Waals surface area (Å²) in [5, 5.41) is 0.400. The van der Waals surface area contributed by atoms with Crippen LogP contribution in [0.4, 0.5) is 5.69 Å². The van der Waals surface area contributed by atoms with Gasteiger partial charge in [-0.3, -0.25) is 4.79 Å². The predicted octanol–water partition coefficient (Wildman–Crippen LogP) is 6.17. The molecule has 0 bridgehead atoms. The number of benzene rings is 4. The molecule has 0 radical (unpaired) electrons. The molecule has 5 nitrogen and oxygen atoms in total. The number of rotatable bonds is 8. The lowest BCUT2D eigenvalue weighted by atomic mass is 9.99. The third kappa shape index (κ3) is 5.56. The van der Waals surface area contributed by atoms with Crippen molar-refractivity contribution in [3.63, 3.8) is 0 Å². The SMILES string of the molecule is COc1ccc(N(C(=O)c2ccccc2CCc2ccccc2)S(=O)(=O)c2ccc(Cl)cc2)cc1. The third-order valence-corrected chi connectivity index (χ3v) is 7.59. The smallest absolute Gasteiger partial charge is 0.272 e. The number of carbonyl (C=O) groups excluding carboxylic acids is 1. The molecule has 178 valence electrons. The van der Waals surface area contributed by atoms with Gasteiger partial charge in [-0.25, -0.2) is 8.42 Å². The van der Waals surface area contributed by atoms with E-state index in [1.807, 2.05) is 42.5 Å². The minimum absolute atomic E-state index is 0.0344. The van der Waals surface area contributed by atoms with E-state index in [0.29, 0.717) is 22.8 Å². The van der Waals surface area contributed by atoms with Gasteiger partial charge < -0.3 is 4.74 Å². The molecule has 4 rings (SSSR count). The van der Waals surface area contributed by atoms with Gasteiger partial charge in [-0.2, -0.15) is 4.31 Å². The third-order valence-electron chi connectivity index (χ3n) is 5.62. The van der Waals surface area contributed by atoms with E-state index in [4.69, 9.17) is 16.3 Å². The fourth-order valence-electron chi connectivity index (χ4n) is 3.77. The van der Waals surface area contributed by atoms with Gasteiger partial charge in [-0.1, -0.05) is 60.1 Å². The van der Waals surface area contributed by atoms with Crippen LogP contribution in [0.15, 0.2) is 108 Å². The second-order valence-electron chi connectivity index (χ2n) is 7.87. The fraction of sp³-hybridized carbons (Fsp3) is 0.107. The van der Waals surface area contributed by atoms with Gasteiger partial charge in [0.25, 0.3) is 15.9 Å². The van der Waals surface area contributed by atoms with Crippen LogP contribution in [0.1, 0.15) is 21.5 Å². The quantitative estimate of drug-likeness (QED) is 0.287. The van der Waals surface area contributed by atoms with Crippen LogP contribution in [0.3, 0.4) is 0 Å². The number of ether oxygens (including phenoxy) is 1. The van der Waals surface area contributed by atoms with Crippen molar-refractivity contribution >= 4 is 33.2 Å². The van der Waals surface area contributed by atoms with Gasteiger partial charge in [0.1, 0.15) is 5.75 Å². The molecule has 0 saturated carbocycles. The molecule has 1 amide bonds. The summed E-state index contributed by atoms with van der Waals surface area (Å²) in [7, 11) is -2.72. The Morgan fingerprint density at radius 1 is 0.800 bits per heavy atom. The zero-order valence-electron chi connectivity index (χ0n) is 19.1. The molecule has 0 aliphatic heterocycles. The topological polar surface area (TPSA) is 63.7 Å². The average molecular weight is 506 g/mol. The van der Waals surface area contributed by atoms with E-state index >= 15 is 0 Å². The lowest BCUT2D eigenvalue weighted by molar-refractivity contribution is 0.100. The lowest BCUT2D eigenvalue weighted by Gasteiger charge is -2.24. The summed E-state index contributed by atoms with van der Waals surface area (Å²) in [6.45, 7) is 0. The number of halogens is 1. The minimum atomic E-state index is -4.24. The van der Waals surface area contributed by atoms with Gasteiger partial charge in [0.15, 0.2) is 0 Å². The van der Waals surface area contributed by atoms with Crippen molar-refractivity contribution in [2.75, 3.05) is 11.4 Å². The Balaban J connectivity index is 1.76. The number of anilines is 1. The molecular weight excluding hydrogens is 482 g/mol. The number of methoxy groups -OCH3 is 1. The molecule has 4 aromatic rings. The number of amides is 1. The number of sulfonamides is 1. The summed E-state index contributed by atoms with van der Waals surface area (Å²) in [4.78, 5) is 13.9. The number of aryl methyl sites for hydroxylation is 2. The maximum atomic E-state index is 13.9. The van der Waals surface area contributed by atoms with E-state index in [0.717, 1.165) is 21.9 Å². The van der Waals surface area contributed by atoms with Crippen molar-refractivity contribution in [3.8, 4) is 5.75 Å². The Labute approximate surface area is 210 Å². The Hall–Kier alpha value is -3.61. The monoisotopic (exact) mass is 505 g/mol. The zero-order valence-corrected chi connectivity index (χ0v) is 20.7. The van der Waals surface area contributed by atoms with Crippen LogP contribution < -0.4 is 9.04 Å². The van der Waals surface area contributed by atoms with E-state index in [1.54, 1.807) is 36.4 Å². The summed E-state index contributed by atoms with van der Waals surface area (Å²) in [5.41, 5.74) is 2.45. The molecule has 0 aliphatic rings. The van der Waals surface area contributed by atoms with Crippen molar-refractivity contribution in [2.45, 2.75) is 17.7 Å². The van der Waals surface area contributed by atoms with Gasteiger partial charge in [0.05, 0.1) is 17.7 Å². The van der Waals surface area contributed by atoms with E-state index in [1.165, 1.54) is 31.4 Å². The van der Waals surface area contributed by atoms with E-state index < -0.39 is 15.9 Å². The first-order valence-electron chi connectivity index (χ1n) is 11.0. The minimum Gasteiger partial charge on any atom is -0.497 e. The molecule has 0 aliphatic carbocycles. The normalized spacial score (nSPS) is 11.1. The summed E-state index contributed by atoms with van der Waals surface area (Å²) < 4.78 is 33.5. The van der Waals surface area contributed by atoms with Crippen LogP contribution in [0, 0.1) is 0 Å². The highest BCUT2D eigenvalue weighted by Gasteiger charge is 2.33. The van der Waals surface area contributed by atoms with Crippen LogP contribution in [0.25, 0.3) is 0 Å². The largest absolute Gasteiger partial charge is 0.497 e. The van der Waals surface area contributed by atoms with Gasteiger partial charge in [0.2, 0.25) is 0 Å². The predicted molar refractivity (Wildman–Crippen MR) is 139 cm³/mol. The number of hydrogen-bond acceptors (Lipinski definition) is 4. The first-order valence-corrected chi connectivity index (χ1v) is 12.8. The van der Waals surface area contributed by atoms with Gasteiger partial charge in [-0.05, 0) is 78.6 Å². The molecule has 4 aromatic carbocycles. The van der Waals surface area contributed by atoms with Crippen molar-refractivity contribution < 1.29 is 17.9 Å². The molecule has 0 aromatic heterocycles.